The summed E-state index contributed by atoms with van der Waals surface area (Å²) in [7, 11) is 3.07. The number of hydrogen-bond acceptors (Lipinski definition) is 7. The van der Waals surface area contributed by atoms with Crippen molar-refractivity contribution < 1.29 is 28.5 Å². The summed E-state index contributed by atoms with van der Waals surface area (Å²) in [5.74, 6) is -0.432. The van der Waals surface area contributed by atoms with Crippen LogP contribution in [0.4, 0.5) is 0 Å². The fourth-order valence-corrected chi connectivity index (χ4v) is 5.11. The van der Waals surface area contributed by atoms with E-state index in [-0.39, 0.29) is 18.3 Å². The van der Waals surface area contributed by atoms with Crippen molar-refractivity contribution in [2.24, 2.45) is 0 Å². The minimum Gasteiger partial charge on any atom is -0.497 e. The molecule has 0 saturated carbocycles. The maximum atomic E-state index is 12.3. The fourth-order valence-electron chi connectivity index (χ4n) is 3.94. The van der Waals surface area contributed by atoms with Gasteiger partial charge in [0.25, 0.3) is 5.79 Å². The number of rotatable bonds is 10. The molecule has 0 saturated heterocycles. The van der Waals surface area contributed by atoms with E-state index in [4.69, 9.17) is 23.7 Å². The Bertz CT molecular complexity index is 1170. The number of benzene rings is 2. The van der Waals surface area contributed by atoms with Gasteiger partial charge in [-0.2, -0.15) is 0 Å². The van der Waals surface area contributed by atoms with Gasteiger partial charge < -0.3 is 23.7 Å². The second-order valence-electron chi connectivity index (χ2n) is 8.52. The molecule has 1 aromatic heterocycles. The molecule has 0 bridgehead atoms. The summed E-state index contributed by atoms with van der Waals surface area (Å²) in [4.78, 5) is 14.3. The lowest BCUT2D eigenvalue weighted by atomic mass is 9.91. The van der Waals surface area contributed by atoms with Crippen molar-refractivity contribution in [3.8, 4) is 5.75 Å². The van der Waals surface area contributed by atoms with Crippen molar-refractivity contribution in [3.63, 3.8) is 0 Å². The normalized spacial score (nSPS) is 14.7. The summed E-state index contributed by atoms with van der Waals surface area (Å²) in [6.07, 6.45) is 3.33. The number of carbonyl (C=O) groups excluding carboxylic acids is 1. The number of thiophene rings is 1. The Morgan fingerprint density at radius 2 is 1.74 bits per heavy atom. The topological polar surface area (TPSA) is 63.2 Å². The van der Waals surface area contributed by atoms with Gasteiger partial charge in [0.2, 0.25) is 0 Å². The van der Waals surface area contributed by atoms with E-state index in [9.17, 15) is 4.79 Å². The molecule has 0 fully saturated rings. The molecule has 184 valence electrons. The summed E-state index contributed by atoms with van der Waals surface area (Å²) in [5, 5.41) is 0. The van der Waals surface area contributed by atoms with Crippen molar-refractivity contribution in [1.29, 1.82) is 0 Å². The average Bonchev–Trinajstić information content (AvgIpc) is 3.54. The van der Waals surface area contributed by atoms with Crippen LogP contribution in [0, 0.1) is 6.92 Å². The molecule has 0 amide bonds. The number of carbonyl (C=O) groups is 1. The lowest BCUT2D eigenvalue weighted by Gasteiger charge is -2.21. The van der Waals surface area contributed by atoms with Crippen LogP contribution in [0.1, 0.15) is 51.3 Å². The maximum absolute atomic E-state index is 12.3. The third-order valence-electron chi connectivity index (χ3n) is 6.12. The highest BCUT2D eigenvalue weighted by Crippen LogP contribution is 2.41. The van der Waals surface area contributed by atoms with Crippen molar-refractivity contribution in [3.05, 3.63) is 99.1 Å². The molecule has 0 radical (unpaired) electrons. The third-order valence-corrected chi connectivity index (χ3v) is 7.50. The van der Waals surface area contributed by atoms with E-state index in [2.05, 4.69) is 25.1 Å². The highest BCUT2D eigenvalue weighted by atomic mass is 32.1. The number of hydrogen-bond donors (Lipinski definition) is 0. The van der Waals surface area contributed by atoms with Gasteiger partial charge >= 0.3 is 5.97 Å². The lowest BCUT2D eigenvalue weighted by molar-refractivity contribution is -0.140. The summed E-state index contributed by atoms with van der Waals surface area (Å²) in [5.41, 5.74) is 4.34. The molecule has 4 rings (SSSR count). The molecule has 35 heavy (non-hydrogen) atoms. The Kier molecular flexibility index (Phi) is 7.78. The fraction of sp³-hybridized carbons (Fsp3) is 0.321. The molecule has 0 aliphatic carbocycles. The van der Waals surface area contributed by atoms with Crippen LogP contribution in [0.2, 0.25) is 0 Å². The van der Waals surface area contributed by atoms with Gasteiger partial charge in [-0.15, -0.1) is 11.3 Å². The molecule has 0 N–H and O–H groups in total. The first-order valence-electron chi connectivity index (χ1n) is 11.4. The lowest BCUT2D eigenvalue weighted by Crippen LogP contribution is -2.20. The van der Waals surface area contributed by atoms with Gasteiger partial charge in [-0.1, -0.05) is 30.3 Å². The molecule has 2 heterocycles. The van der Waals surface area contributed by atoms with Crippen LogP contribution in [0.5, 0.6) is 5.75 Å². The Hall–Kier alpha value is -3.29. The number of esters is 1. The highest BCUT2D eigenvalue weighted by Gasteiger charge is 2.34. The van der Waals surface area contributed by atoms with Crippen molar-refractivity contribution >= 4 is 17.3 Å². The van der Waals surface area contributed by atoms with Gasteiger partial charge in [0, 0.05) is 17.7 Å². The van der Waals surface area contributed by atoms with Crippen LogP contribution in [-0.2, 0) is 42.7 Å². The zero-order chi connectivity index (χ0) is 24.8. The van der Waals surface area contributed by atoms with E-state index < -0.39 is 5.79 Å². The Labute approximate surface area is 210 Å². The molecule has 2 aromatic carbocycles. The largest absolute Gasteiger partial charge is 0.497 e. The zero-order valence-electron chi connectivity index (χ0n) is 20.4. The molecule has 1 atom stereocenters. The number of methoxy groups -OCH3 is 2. The summed E-state index contributed by atoms with van der Waals surface area (Å²) in [6.45, 7) is 4.91. The van der Waals surface area contributed by atoms with Gasteiger partial charge in [-0.3, -0.25) is 4.79 Å². The predicted molar refractivity (Wildman–Crippen MR) is 134 cm³/mol. The summed E-state index contributed by atoms with van der Waals surface area (Å²) >= 11 is 1.57. The molecule has 0 spiro atoms. The van der Waals surface area contributed by atoms with Gasteiger partial charge in [0.1, 0.15) is 18.3 Å². The molecule has 6 nitrogen and oxygen atoms in total. The Balaban J connectivity index is 1.53. The van der Waals surface area contributed by atoms with Crippen LogP contribution >= 0.6 is 11.3 Å². The standard InChI is InChI=1S/C28H30O6S/c1-19-5-8-21(15-22(19)18-32-17-20-6-9-23(30-3)10-7-20)24(16-27(29)31-4)25-11-12-26(35-25)28(2)33-13-14-34-28/h5-15,24H,16-18H2,1-4H3. The SMILES string of the molecule is COC(=O)CC(c1ccc(C)c(COCc2ccc(OC)cc2)c1)c1ccc(C2(C)OC=CO2)s1. The van der Waals surface area contributed by atoms with Gasteiger partial charge in [0.15, 0.2) is 0 Å². The molecule has 3 aromatic rings. The molecule has 1 unspecified atom stereocenters. The van der Waals surface area contributed by atoms with Crippen LogP contribution in [-0.4, -0.2) is 20.2 Å². The highest BCUT2D eigenvalue weighted by molar-refractivity contribution is 7.12. The van der Waals surface area contributed by atoms with Crippen molar-refractivity contribution in [2.75, 3.05) is 14.2 Å². The second-order valence-corrected chi connectivity index (χ2v) is 9.63. The number of aryl methyl sites for hydroxylation is 1. The van der Waals surface area contributed by atoms with Crippen molar-refractivity contribution in [2.45, 2.75) is 45.2 Å². The van der Waals surface area contributed by atoms with E-state index in [1.807, 2.05) is 43.3 Å². The Morgan fingerprint density at radius 3 is 2.43 bits per heavy atom. The van der Waals surface area contributed by atoms with E-state index in [1.165, 1.54) is 7.11 Å². The van der Waals surface area contributed by atoms with E-state index in [0.717, 1.165) is 37.8 Å². The van der Waals surface area contributed by atoms with Crippen LogP contribution in [0.15, 0.2) is 67.1 Å². The average molecular weight is 495 g/mol. The predicted octanol–water partition coefficient (Wildman–Crippen LogP) is 6.17. The summed E-state index contributed by atoms with van der Waals surface area (Å²) in [6, 6.07) is 18.1. The number of ether oxygens (including phenoxy) is 5. The van der Waals surface area contributed by atoms with Gasteiger partial charge in [-0.05, 0) is 53.4 Å². The third kappa shape index (κ3) is 5.86. The maximum Gasteiger partial charge on any atom is 0.306 e. The van der Waals surface area contributed by atoms with Crippen molar-refractivity contribution in [1.82, 2.24) is 0 Å². The minimum atomic E-state index is -0.841. The molecule has 1 aliphatic rings. The van der Waals surface area contributed by atoms with Crippen LogP contribution in [0.3, 0.4) is 0 Å². The van der Waals surface area contributed by atoms with Crippen LogP contribution in [0.25, 0.3) is 0 Å². The van der Waals surface area contributed by atoms with E-state index in [1.54, 1.807) is 31.0 Å². The van der Waals surface area contributed by atoms with E-state index >= 15 is 0 Å². The molecule has 1 aliphatic heterocycles. The smallest absolute Gasteiger partial charge is 0.306 e. The quantitative estimate of drug-likeness (QED) is 0.314. The Morgan fingerprint density at radius 1 is 1.00 bits per heavy atom. The second kappa shape index (κ2) is 11.0. The minimum absolute atomic E-state index is 0.153. The molecule has 7 heteroatoms. The van der Waals surface area contributed by atoms with Gasteiger partial charge in [0.05, 0.1) is 38.7 Å². The first-order chi connectivity index (χ1) is 16.9. The summed E-state index contributed by atoms with van der Waals surface area (Å²) < 4.78 is 27.5. The van der Waals surface area contributed by atoms with Crippen LogP contribution < -0.4 is 4.74 Å². The monoisotopic (exact) mass is 494 g/mol. The first-order valence-corrected chi connectivity index (χ1v) is 12.2. The zero-order valence-corrected chi connectivity index (χ0v) is 21.2. The molecular weight excluding hydrogens is 464 g/mol. The first kappa shape index (κ1) is 24.8. The van der Waals surface area contributed by atoms with E-state index in [0.29, 0.717) is 13.2 Å². The molecular formula is C28H30O6S. The van der Waals surface area contributed by atoms with Gasteiger partial charge in [-0.25, -0.2) is 0 Å².